The minimum absolute atomic E-state index is 0.183. The molecule has 2 aromatic rings. The highest BCUT2D eigenvalue weighted by atomic mass is 79.9. The molecule has 0 aliphatic carbocycles. The van der Waals surface area contributed by atoms with Gasteiger partial charge in [0.1, 0.15) is 36.1 Å². The number of carbonyl (C=O) groups is 1. The van der Waals surface area contributed by atoms with Crippen molar-refractivity contribution in [3.8, 4) is 5.75 Å². The number of aromatic hydroxyl groups is 1. The molecule has 0 aliphatic heterocycles. The van der Waals surface area contributed by atoms with E-state index in [0.717, 1.165) is 10.0 Å². The van der Waals surface area contributed by atoms with Gasteiger partial charge in [0.25, 0.3) is 0 Å². The molecule has 0 saturated heterocycles. The number of aliphatic hydroxyl groups is 1. The maximum absolute atomic E-state index is 11.4. The van der Waals surface area contributed by atoms with Gasteiger partial charge < -0.3 is 19.8 Å². The molecule has 1 amide bonds. The third-order valence-corrected chi connectivity index (χ3v) is 4.52. The first-order chi connectivity index (χ1) is 13.6. The molecule has 1 aromatic carbocycles. The Morgan fingerprint density at radius 3 is 2.66 bits per heavy atom. The van der Waals surface area contributed by atoms with Crippen molar-refractivity contribution in [1.82, 2.24) is 10.3 Å². The van der Waals surface area contributed by atoms with Crippen LogP contribution in [0.15, 0.2) is 40.1 Å². The van der Waals surface area contributed by atoms with Gasteiger partial charge in [-0.2, -0.15) is 0 Å². The number of halogens is 1. The van der Waals surface area contributed by atoms with Crippen LogP contribution in [0.4, 0.5) is 4.79 Å². The number of aromatic nitrogens is 1. The standard InChI is InChI=1S/C20H24BrN3O5/c1-12-5-6-13(9-15(12)21)16(24-29-20(2,3)4)17-18(26)14(7-8-22-17)10-28-19(27)23-11-25/h5-9,25-26H,10-11H2,1-4H3,(H,23,27)/b24-16-. The molecule has 2 rings (SSSR count). The minimum Gasteiger partial charge on any atom is -0.505 e. The summed E-state index contributed by atoms with van der Waals surface area (Å²) in [6, 6.07) is 7.15. The van der Waals surface area contributed by atoms with E-state index in [-0.39, 0.29) is 18.1 Å². The number of pyridine rings is 1. The Bertz CT molecular complexity index is 909. The maximum Gasteiger partial charge on any atom is 0.409 e. The Hall–Kier alpha value is -2.65. The molecule has 0 bridgehead atoms. The quantitative estimate of drug-likeness (QED) is 0.341. The van der Waals surface area contributed by atoms with E-state index in [1.54, 1.807) is 0 Å². The van der Waals surface area contributed by atoms with Gasteiger partial charge in [0.2, 0.25) is 0 Å². The van der Waals surface area contributed by atoms with Crippen LogP contribution in [0.5, 0.6) is 5.75 Å². The monoisotopic (exact) mass is 465 g/mol. The normalized spacial score (nSPS) is 11.9. The second-order valence-electron chi connectivity index (χ2n) is 7.19. The summed E-state index contributed by atoms with van der Waals surface area (Å²) in [5.41, 5.74) is 2.03. The summed E-state index contributed by atoms with van der Waals surface area (Å²) in [7, 11) is 0. The maximum atomic E-state index is 11.4. The highest BCUT2D eigenvalue weighted by molar-refractivity contribution is 9.10. The Labute approximate surface area is 177 Å². The van der Waals surface area contributed by atoms with Crippen molar-refractivity contribution in [2.24, 2.45) is 5.16 Å². The molecule has 0 saturated carbocycles. The fourth-order valence-corrected chi connectivity index (χ4v) is 2.58. The summed E-state index contributed by atoms with van der Waals surface area (Å²) < 4.78 is 5.84. The lowest BCUT2D eigenvalue weighted by atomic mass is 10.0. The number of alkyl carbamates (subject to hydrolysis) is 1. The molecule has 3 N–H and O–H groups in total. The molecule has 0 radical (unpaired) electrons. The zero-order valence-corrected chi connectivity index (χ0v) is 18.3. The summed E-state index contributed by atoms with van der Waals surface area (Å²) in [6.45, 7) is 6.78. The number of nitrogens with zero attached hydrogens (tertiary/aromatic N) is 2. The van der Waals surface area contributed by atoms with Crippen LogP contribution >= 0.6 is 15.9 Å². The molecule has 0 fully saturated rings. The van der Waals surface area contributed by atoms with Crippen LogP contribution in [0, 0.1) is 6.92 Å². The lowest BCUT2D eigenvalue weighted by Crippen LogP contribution is -2.24. The molecular formula is C20H24BrN3O5. The topological polar surface area (TPSA) is 113 Å². The van der Waals surface area contributed by atoms with Gasteiger partial charge in [-0.05, 0) is 45.4 Å². The van der Waals surface area contributed by atoms with Crippen LogP contribution in [-0.4, -0.2) is 39.3 Å². The second kappa shape index (κ2) is 9.71. The first-order valence-corrected chi connectivity index (χ1v) is 9.63. The fraction of sp³-hybridized carbons (Fsp3) is 0.350. The van der Waals surface area contributed by atoms with Crippen LogP contribution in [0.1, 0.15) is 43.2 Å². The molecule has 0 spiro atoms. The van der Waals surface area contributed by atoms with Crippen molar-refractivity contribution in [3.63, 3.8) is 0 Å². The van der Waals surface area contributed by atoms with Crippen LogP contribution in [0.2, 0.25) is 0 Å². The van der Waals surface area contributed by atoms with Gasteiger partial charge in [-0.3, -0.25) is 10.3 Å². The molecule has 0 atom stereocenters. The highest BCUT2D eigenvalue weighted by Crippen LogP contribution is 2.27. The molecule has 0 unspecified atom stereocenters. The lowest BCUT2D eigenvalue weighted by molar-refractivity contribution is 0.00110. The third-order valence-electron chi connectivity index (χ3n) is 3.67. The van der Waals surface area contributed by atoms with Gasteiger partial charge in [0.05, 0.1) is 0 Å². The predicted octanol–water partition coefficient (Wildman–Crippen LogP) is 3.60. The smallest absolute Gasteiger partial charge is 0.409 e. The van der Waals surface area contributed by atoms with Gasteiger partial charge in [0.15, 0.2) is 0 Å². The highest BCUT2D eigenvalue weighted by Gasteiger charge is 2.20. The van der Waals surface area contributed by atoms with Crippen LogP contribution in [0.25, 0.3) is 0 Å². The van der Waals surface area contributed by atoms with E-state index < -0.39 is 18.4 Å². The van der Waals surface area contributed by atoms with Crippen molar-refractivity contribution < 1.29 is 24.6 Å². The summed E-state index contributed by atoms with van der Waals surface area (Å²) in [6.07, 6.45) is 0.672. The summed E-state index contributed by atoms with van der Waals surface area (Å²) >= 11 is 3.50. The van der Waals surface area contributed by atoms with Gasteiger partial charge in [-0.15, -0.1) is 0 Å². The average Bonchev–Trinajstić information content (AvgIpc) is 2.64. The van der Waals surface area contributed by atoms with E-state index >= 15 is 0 Å². The van der Waals surface area contributed by atoms with E-state index in [9.17, 15) is 9.90 Å². The van der Waals surface area contributed by atoms with Gasteiger partial charge >= 0.3 is 6.09 Å². The Kier molecular flexibility index (Phi) is 7.58. The van der Waals surface area contributed by atoms with Gasteiger partial charge in [-0.25, -0.2) is 4.79 Å². The van der Waals surface area contributed by atoms with Crippen molar-refractivity contribution >= 4 is 27.7 Å². The number of aryl methyl sites for hydroxylation is 1. The van der Waals surface area contributed by atoms with E-state index in [1.165, 1.54) is 12.3 Å². The van der Waals surface area contributed by atoms with E-state index in [0.29, 0.717) is 16.8 Å². The van der Waals surface area contributed by atoms with Gasteiger partial charge in [-0.1, -0.05) is 33.2 Å². The lowest BCUT2D eigenvalue weighted by Gasteiger charge is -2.18. The second-order valence-corrected chi connectivity index (χ2v) is 8.04. The minimum atomic E-state index is -0.808. The summed E-state index contributed by atoms with van der Waals surface area (Å²) in [5, 5.41) is 25.8. The van der Waals surface area contributed by atoms with Crippen molar-refractivity contribution in [3.05, 3.63) is 57.3 Å². The van der Waals surface area contributed by atoms with Crippen LogP contribution < -0.4 is 5.32 Å². The molecule has 1 aromatic heterocycles. The number of hydrogen-bond donors (Lipinski definition) is 3. The zero-order chi connectivity index (χ0) is 21.6. The number of aliphatic hydroxyl groups excluding tert-OH is 1. The van der Waals surface area contributed by atoms with Crippen LogP contribution in [-0.2, 0) is 16.2 Å². The summed E-state index contributed by atoms with van der Waals surface area (Å²) in [4.78, 5) is 21.3. The molecule has 156 valence electrons. The van der Waals surface area contributed by atoms with E-state index in [2.05, 4.69) is 31.4 Å². The fourth-order valence-electron chi connectivity index (χ4n) is 2.20. The van der Waals surface area contributed by atoms with E-state index in [4.69, 9.17) is 14.7 Å². The SMILES string of the molecule is Cc1ccc(/C(=N/OC(C)(C)C)c2nccc(COC(=O)NCO)c2O)cc1Br. The number of oxime groups is 1. The molecular weight excluding hydrogens is 442 g/mol. The number of amides is 1. The predicted molar refractivity (Wildman–Crippen MR) is 112 cm³/mol. The number of hydrogen-bond acceptors (Lipinski definition) is 7. The Morgan fingerprint density at radius 1 is 1.31 bits per heavy atom. The number of ether oxygens (including phenoxy) is 1. The molecule has 1 heterocycles. The first kappa shape index (κ1) is 22.6. The average molecular weight is 466 g/mol. The molecule has 8 nitrogen and oxygen atoms in total. The van der Waals surface area contributed by atoms with Crippen LogP contribution in [0.3, 0.4) is 0 Å². The van der Waals surface area contributed by atoms with Crippen molar-refractivity contribution in [1.29, 1.82) is 0 Å². The zero-order valence-electron chi connectivity index (χ0n) is 16.7. The number of rotatable bonds is 6. The Morgan fingerprint density at radius 2 is 2.03 bits per heavy atom. The number of carbonyl (C=O) groups excluding carboxylic acids is 1. The van der Waals surface area contributed by atoms with Crippen molar-refractivity contribution in [2.45, 2.75) is 39.9 Å². The third kappa shape index (κ3) is 6.43. The number of benzene rings is 1. The van der Waals surface area contributed by atoms with E-state index in [1.807, 2.05) is 45.9 Å². The molecule has 0 aliphatic rings. The van der Waals surface area contributed by atoms with Crippen molar-refractivity contribution in [2.75, 3.05) is 6.73 Å². The molecule has 29 heavy (non-hydrogen) atoms. The first-order valence-electron chi connectivity index (χ1n) is 8.84. The summed E-state index contributed by atoms with van der Waals surface area (Å²) in [5.74, 6) is -0.183. The van der Waals surface area contributed by atoms with Gasteiger partial charge in [0, 0.05) is 21.8 Å². The molecule has 9 heteroatoms. The largest absolute Gasteiger partial charge is 0.505 e. The number of nitrogens with one attached hydrogen (secondary N) is 1. The Balaban J connectivity index is 2.46.